The zero-order valence-corrected chi connectivity index (χ0v) is 14.2. The molecule has 0 amide bonds. The Morgan fingerprint density at radius 1 is 1.24 bits per heavy atom. The van der Waals surface area contributed by atoms with Crippen LogP contribution in [0, 0.1) is 6.92 Å². The van der Waals surface area contributed by atoms with Gasteiger partial charge >= 0.3 is 5.97 Å². The standard InChI is InChI=1S/C20H19NO4/c1-3-12-23-18-7-5-4-6-15(18)8-11-20(22)25-16-9-10-19-17(13-16)21-14(2)24-19/h4-11,13H,3,12H2,1-2H3/b11-8+. The van der Waals surface area contributed by atoms with Crippen molar-refractivity contribution in [3.8, 4) is 11.5 Å². The Bertz CT molecular complexity index is 911. The molecule has 0 N–H and O–H groups in total. The van der Waals surface area contributed by atoms with Crippen LogP contribution in [-0.2, 0) is 4.79 Å². The van der Waals surface area contributed by atoms with Crippen LogP contribution in [-0.4, -0.2) is 17.6 Å². The molecule has 0 saturated carbocycles. The van der Waals surface area contributed by atoms with E-state index >= 15 is 0 Å². The monoisotopic (exact) mass is 337 g/mol. The number of nitrogens with zero attached hydrogens (tertiary/aromatic N) is 1. The predicted molar refractivity (Wildman–Crippen MR) is 95.6 cm³/mol. The van der Waals surface area contributed by atoms with Crippen LogP contribution in [0.2, 0.25) is 0 Å². The van der Waals surface area contributed by atoms with Crippen LogP contribution in [0.1, 0.15) is 24.8 Å². The van der Waals surface area contributed by atoms with Gasteiger partial charge in [0.15, 0.2) is 11.5 Å². The molecule has 0 bridgehead atoms. The van der Waals surface area contributed by atoms with Gasteiger partial charge in [0.1, 0.15) is 17.0 Å². The van der Waals surface area contributed by atoms with Crippen molar-refractivity contribution in [3.63, 3.8) is 0 Å². The van der Waals surface area contributed by atoms with E-state index in [0.717, 1.165) is 17.7 Å². The molecule has 0 spiro atoms. The molecule has 5 heteroatoms. The number of oxazole rings is 1. The number of aryl methyl sites for hydroxylation is 1. The molecule has 2 aromatic carbocycles. The second-order valence-corrected chi connectivity index (χ2v) is 5.50. The summed E-state index contributed by atoms with van der Waals surface area (Å²) in [6.07, 6.45) is 3.99. The molecule has 0 fully saturated rings. The summed E-state index contributed by atoms with van der Waals surface area (Å²) in [6.45, 7) is 4.45. The lowest BCUT2D eigenvalue weighted by Crippen LogP contribution is -2.03. The van der Waals surface area contributed by atoms with Crippen molar-refractivity contribution in [2.75, 3.05) is 6.61 Å². The highest BCUT2D eigenvalue weighted by molar-refractivity contribution is 5.89. The molecule has 25 heavy (non-hydrogen) atoms. The minimum Gasteiger partial charge on any atom is -0.493 e. The minimum absolute atomic E-state index is 0.422. The maximum Gasteiger partial charge on any atom is 0.336 e. The van der Waals surface area contributed by atoms with Gasteiger partial charge in [-0.15, -0.1) is 0 Å². The van der Waals surface area contributed by atoms with Crippen LogP contribution < -0.4 is 9.47 Å². The van der Waals surface area contributed by atoms with Gasteiger partial charge in [-0.1, -0.05) is 25.1 Å². The molecule has 3 aromatic rings. The fraction of sp³-hybridized carbons (Fsp3) is 0.200. The minimum atomic E-state index is -0.468. The van der Waals surface area contributed by atoms with Gasteiger partial charge in [-0.2, -0.15) is 0 Å². The highest BCUT2D eigenvalue weighted by Crippen LogP contribution is 2.22. The van der Waals surface area contributed by atoms with Crippen LogP contribution in [0.15, 0.2) is 53.0 Å². The number of hydrogen-bond acceptors (Lipinski definition) is 5. The highest BCUT2D eigenvalue weighted by Gasteiger charge is 2.07. The molecule has 0 radical (unpaired) electrons. The van der Waals surface area contributed by atoms with Crippen LogP contribution in [0.25, 0.3) is 17.2 Å². The summed E-state index contributed by atoms with van der Waals surface area (Å²) >= 11 is 0. The number of benzene rings is 2. The first-order valence-corrected chi connectivity index (χ1v) is 8.14. The number of esters is 1. The largest absolute Gasteiger partial charge is 0.493 e. The first-order chi connectivity index (χ1) is 12.2. The van der Waals surface area contributed by atoms with Crippen molar-refractivity contribution in [2.45, 2.75) is 20.3 Å². The van der Waals surface area contributed by atoms with E-state index in [1.54, 1.807) is 31.2 Å². The number of ether oxygens (including phenoxy) is 2. The van der Waals surface area contributed by atoms with E-state index < -0.39 is 5.97 Å². The number of hydrogen-bond donors (Lipinski definition) is 0. The van der Waals surface area contributed by atoms with Gasteiger partial charge in [0.2, 0.25) is 0 Å². The third kappa shape index (κ3) is 4.26. The summed E-state index contributed by atoms with van der Waals surface area (Å²) in [4.78, 5) is 16.3. The summed E-state index contributed by atoms with van der Waals surface area (Å²) in [7, 11) is 0. The molecule has 0 aliphatic rings. The maximum atomic E-state index is 12.1. The average Bonchev–Trinajstić information content (AvgIpc) is 2.98. The third-order valence-electron chi connectivity index (χ3n) is 3.46. The lowest BCUT2D eigenvalue weighted by molar-refractivity contribution is -0.128. The summed E-state index contributed by atoms with van der Waals surface area (Å²) in [5, 5.41) is 0. The average molecular weight is 337 g/mol. The number of fused-ring (bicyclic) bond motifs is 1. The Morgan fingerprint density at radius 2 is 2.08 bits per heavy atom. The predicted octanol–water partition coefficient (Wildman–Crippen LogP) is 4.54. The molecule has 1 aromatic heterocycles. The van der Waals surface area contributed by atoms with Crippen molar-refractivity contribution in [3.05, 3.63) is 60.0 Å². The summed E-state index contributed by atoms with van der Waals surface area (Å²) < 4.78 is 16.4. The Labute approximate surface area is 145 Å². The number of rotatable bonds is 6. The van der Waals surface area contributed by atoms with Crippen molar-refractivity contribution < 1.29 is 18.7 Å². The fourth-order valence-electron chi connectivity index (χ4n) is 2.36. The van der Waals surface area contributed by atoms with Crippen molar-refractivity contribution in [1.82, 2.24) is 4.98 Å². The van der Waals surface area contributed by atoms with Gasteiger partial charge in [-0.3, -0.25) is 0 Å². The summed E-state index contributed by atoms with van der Waals surface area (Å²) in [5.74, 6) is 1.27. The normalized spacial score (nSPS) is 11.1. The van der Waals surface area contributed by atoms with Crippen LogP contribution >= 0.6 is 0 Å². The van der Waals surface area contributed by atoms with E-state index in [0.29, 0.717) is 29.3 Å². The molecule has 0 atom stereocenters. The zero-order chi connectivity index (χ0) is 17.6. The van der Waals surface area contributed by atoms with Crippen molar-refractivity contribution in [2.24, 2.45) is 0 Å². The summed E-state index contributed by atoms with van der Waals surface area (Å²) in [5.41, 5.74) is 2.15. The lowest BCUT2D eigenvalue weighted by Gasteiger charge is -2.07. The van der Waals surface area contributed by atoms with Gasteiger partial charge in [0, 0.05) is 24.6 Å². The molecule has 1 heterocycles. The highest BCUT2D eigenvalue weighted by atomic mass is 16.5. The van der Waals surface area contributed by atoms with E-state index in [-0.39, 0.29) is 0 Å². The van der Waals surface area contributed by atoms with Gasteiger partial charge in [-0.05, 0) is 30.7 Å². The summed E-state index contributed by atoms with van der Waals surface area (Å²) in [6, 6.07) is 12.6. The second-order valence-electron chi connectivity index (χ2n) is 5.50. The van der Waals surface area contributed by atoms with Gasteiger partial charge in [0.25, 0.3) is 0 Å². The van der Waals surface area contributed by atoms with Gasteiger partial charge in [0.05, 0.1) is 6.61 Å². The molecular formula is C20H19NO4. The van der Waals surface area contributed by atoms with E-state index in [9.17, 15) is 4.79 Å². The Morgan fingerprint density at radius 3 is 2.92 bits per heavy atom. The van der Waals surface area contributed by atoms with Gasteiger partial charge in [-0.25, -0.2) is 9.78 Å². The van der Waals surface area contributed by atoms with E-state index in [1.807, 2.05) is 31.2 Å². The Kier molecular flexibility index (Phi) is 5.14. The van der Waals surface area contributed by atoms with Crippen LogP contribution in [0.5, 0.6) is 11.5 Å². The van der Waals surface area contributed by atoms with Crippen molar-refractivity contribution in [1.29, 1.82) is 0 Å². The zero-order valence-electron chi connectivity index (χ0n) is 14.2. The topological polar surface area (TPSA) is 61.6 Å². The fourth-order valence-corrected chi connectivity index (χ4v) is 2.36. The van der Waals surface area contributed by atoms with Gasteiger partial charge < -0.3 is 13.9 Å². The van der Waals surface area contributed by atoms with Crippen LogP contribution in [0.4, 0.5) is 0 Å². The molecule has 128 valence electrons. The molecule has 3 rings (SSSR count). The molecule has 0 aliphatic heterocycles. The van der Waals surface area contributed by atoms with E-state index in [1.165, 1.54) is 6.08 Å². The SMILES string of the molecule is CCCOc1ccccc1/C=C/C(=O)Oc1ccc2oc(C)nc2c1. The molecule has 0 unspecified atom stereocenters. The molecule has 5 nitrogen and oxygen atoms in total. The smallest absolute Gasteiger partial charge is 0.336 e. The first kappa shape index (κ1) is 16.8. The third-order valence-corrected chi connectivity index (χ3v) is 3.46. The van der Waals surface area contributed by atoms with Crippen molar-refractivity contribution >= 4 is 23.1 Å². The molecule has 0 aliphatic carbocycles. The lowest BCUT2D eigenvalue weighted by atomic mass is 10.2. The van der Waals surface area contributed by atoms with Crippen LogP contribution in [0.3, 0.4) is 0 Å². The van der Waals surface area contributed by atoms with E-state index in [4.69, 9.17) is 13.9 Å². The first-order valence-electron chi connectivity index (χ1n) is 8.14. The number of para-hydroxylation sites is 1. The number of aromatic nitrogens is 1. The Balaban J connectivity index is 1.70. The number of carbonyl (C=O) groups excluding carboxylic acids is 1. The van der Waals surface area contributed by atoms with E-state index in [2.05, 4.69) is 4.98 Å². The molecule has 0 saturated heterocycles. The second kappa shape index (κ2) is 7.66. The molecular weight excluding hydrogens is 318 g/mol. The Hall–Kier alpha value is -3.08. The maximum absolute atomic E-state index is 12.1. The number of carbonyl (C=O) groups is 1. The quantitative estimate of drug-likeness (QED) is 0.375.